The van der Waals surface area contributed by atoms with Crippen molar-refractivity contribution in [2.75, 3.05) is 85.3 Å². The molecule has 44 heavy (non-hydrogen) atoms. The molecule has 0 spiro atoms. The zero-order valence-electron chi connectivity index (χ0n) is 24.6. The van der Waals surface area contributed by atoms with Gasteiger partial charge in [-0.05, 0) is 18.6 Å². The first-order valence-electron chi connectivity index (χ1n) is 15.0. The van der Waals surface area contributed by atoms with Gasteiger partial charge in [0.1, 0.15) is 12.3 Å². The van der Waals surface area contributed by atoms with E-state index in [0.717, 1.165) is 5.75 Å². The van der Waals surface area contributed by atoms with Crippen LogP contribution in [0.4, 0.5) is 9.59 Å². The maximum absolute atomic E-state index is 13.6. The van der Waals surface area contributed by atoms with E-state index in [1.807, 2.05) is 19.6 Å². The molecule has 0 bridgehead atoms. The first-order valence-corrected chi connectivity index (χ1v) is 21.3. The Balaban J connectivity index is 1.37. The molecule has 4 saturated heterocycles. The van der Waals surface area contributed by atoms with Crippen LogP contribution in [0.2, 0.25) is 0 Å². The number of carbonyl (C=O) groups excluding carboxylic acids is 4. The summed E-state index contributed by atoms with van der Waals surface area (Å²) in [5.74, 6) is 4.20. The van der Waals surface area contributed by atoms with Gasteiger partial charge in [-0.25, -0.2) is 9.59 Å². The molecule has 0 radical (unpaired) electrons. The minimum atomic E-state index is -0.299. The SMILES string of the molecule is O=C1C(CCSSCCN2C(=O)N(CCS)C3C2C(CCS)C(=O)N3CCS)C2C(N1CCS)N(CCS)C(=O)N2CCS. The highest BCUT2D eigenvalue weighted by atomic mass is 33.1. The smallest absolute Gasteiger partial charge is 0.319 e. The molecule has 4 fully saturated rings. The van der Waals surface area contributed by atoms with Gasteiger partial charge in [0.15, 0.2) is 0 Å². The Morgan fingerprint density at radius 1 is 0.455 bits per heavy atom. The zero-order valence-corrected chi connectivity index (χ0v) is 31.6. The predicted molar refractivity (Wildman–Crippen MR) is 200 cm³/mol. The topological polar surface area (TPSA) is 87.7 Å². The molecule has 6 amide bonds. The Hall–Kier alpha value is 0.280. The molecule has 6 atom stereocenters. The average Bonchev–Trinajstić information content (AvgIpc) is 3.62. The Morgan fingerprint density at radius 3 is 1.30 bits per heavy atom. The molecule has 10 nitrogen and oxygen atoms in total. The molecule has 0 aliphatic carbocycles. The minimum absolute atomic E-state index is 0.0479. The molecule has 4 heterocycles. The van der Waals surface area contributed by atoms with E-state index in [1.165, 1.54) is 0 Å². The highest BCUT2D eigenvalue weighted by molar-refractivity contribution is 8.76. The lowest BCUT2D eigenvalue weighted by Gasteiger charge is -2.30. The van der Waals surface area contributed by atoms with Crippen LogP contribution in [-0.4, -0.2) is 163 Å². The van der Waals surface area contributed by atoms with Crippen molar-refractivity contribution >= 4 is 121 Å². The summed E-state index contributed by atoms with van der Waals surface area (Å²) >= 11 is 26.3. The largest absolute Gasteiger partial charge is 0.322 e. The van der Waals surface area contributed by atoms with Gasteiger partial charge in [-0.2, -0.15) is 75.8 Å². The van der Waals surface area contributed by atoms with Gasteiger partial charge in [-0.15, -0.1) is 0 Å². The summed E-state index contributed by atoms with van der Waals surface area (Å²) in [6.45, 7) is 2.96. The van der Waals surface area contributed by atoms with E-state index < -0.39 is 0 Å². The fourth-order valence-electron chi connectivity index (χ4n) is 7.16. The monoisotopic (exact) mass is 760 g/mol. The molecule has 4 aliphatic heterocycles. The van der Waals surface area contributed by atoms with Crippen LogP contribution in [0.3, 0.4) is 0 Å². The number of amides is 6. The first-order chi connectivity index (χ1) is 21.3. The number of likely N-dealkylation sites (tertiary alicyclic amines) is 2. The van der Waals surface area contributed by atoms with Crippen molar-refractivity contribution in [3.63, 3.8) is 0 Å². The van der Waals surface area contributed by atoms with Crippen LogP contribution in [0.15, 0.2) is 0 Å². The minimum Gasteiger partial charge on any atom is -0.319 e. The van der Waals surface area contributed by atoms with Crippen molar-refractivity contribution in [2.45, 2.75) is 37.3 Å². The van der Waals surface area contributed by atoms with Crippen LogP contribution in [0.25, 0.3) is 0 Å². The normalized spacial score (nSPS) is 28.4. The van der Waals surface area contributed by atoms with E-state index in [1.54, 1.807) is 31.4 Å². The second-order valence-electron chi connectivity index (χ2n) is 11.0. The third kappa shape index (κ3) is 7.31. The highest BCUT2D eigenvalue weighted by Gasteiger charge is 2.60. The van der Waals surface area contributed by atoms with E-state index in [9.17, 15) is 19.2 Å². The van der Waals surface area contributed by atoms with Crippen molar-refractivity contribution in [2.24, 2.45) is 11.8 Å². The Labute approximate surface area is 302 Å². The highest BCUT2D eigenvalue weighted by Crippen LogP contribution is 2.42. The lowest BCUT2D eigenvalue weighted by molar-refractivity contribution is -0.134. The van der Waals surface area contributed by atoms with Crippen LogP contribution in [0.1, 0.15) is 12.8 Å². The van der Waals surface area contributed by atoms with Crippen molar-refractivity contribution in [3.8, 4) is 0 Å². The van der Waals surface area contributed by atoms with E-state index in [4.69, 9.17) is 0 Å². The van der Waals surface area contributed by atoms with Gasteiger partial charge in [-0.3, -0.25) is 9.59 Å². The van der Waals surface area contributed by atoms with Crippen LogP contribution in [0.5, 0.6) is 0 Å². The predicted octanol–water partition coefficient (Wildman–Crippen LogP) is 2.51. The molecular weight excluding hydrogens is 717 g/mol. The van der Waals surface area contributed by atoms with Crippen molar-refractivity contribution in [1.82, 2.24) is 29.4 Å². The molecule has 4 rings (SSSR count). The number of rotatable bonds is 19. The van der Waals surface area contributed by atoms with Gasteiger partial charge in [0, 0.05) is 79.5 Å². The van der Waals surface area contributed by atoms with Crippen LogP contribution in [-0.2, 0) is 9.59 Å². The fraction of sp³-hybridized carbons (Fsp3) is 0.846. The maximum Gasteiger partial charge on any atom is 0.322 e. The van der Waals surface area contributed by atoms with E-state index >= 15 is 0 Å². The van der Waals surface area contributed by atoms with Gasteiger partial charge < -0.3 is 29.4 Å². The third-order valence-corrected chi connectivity index (χ3v) is 12.4. The van der Waals surface area contributed by atoms with E-state index in [-0.39, 0.29) is 60.1 Å². The number of nitrogens with zero attached hydrogens (tertiary/aromatic N) is 6. The standard InChI is InChI=1S/C26H44N6O4S8/c33-23-17(1-9-37)19-21(29(23)4-11-39)32(7-14-42)26(36)28(19)8-16-44-43-15-2-18-20-22(30(5-12-40)24(18)34)31(6-13-41)25(35)27(20)3-10-38/h17-22,37-42H,1-16H2. The summed E-state index contributed by atoms with van der Waals surface area (Å²) < 4.78 is 0. The van der Waals surface area contributed by atoms with Gasteiger partial charge in [0.2, 0.25) is 11.8 Å². The third-order valence-electron chi connectivity index (χ3n) is 8.77. The molecular formula is C26H44N6O4S8. The molecule has 0 aromatic rings. The summed E-state index contributed by atoms with van der Waals surface area (Å²) in [7, 11) is 3.35. The fourth-order valence-corrected chi connectivity index (χ4v) is 10.6. The molecule has 4 aliphatic rings. The van der Waals surface area contributed by atoms with Gasteiger partial charge in [0.25, 0.3) is 0 Å². The number of thiol groups is 6. The van der Waals surface area contributed by atoms with Crippen molar-refractivity contribution in [1.29, 1.82) is 0 Å². The van der Waals surface area contributed by atoms with Crippen LogP contribution in [0, 0.1) is 11.8 Å². The summed E-state index contributed by atoms with van der Waals surface area (Å²) in [6.07, 6.45) is 0.668. The Morgan fingerprint density at radius 2 is 0.841 bits per heavy atom. The number of hydrogen-bond donors (Lipinski definition) is 6. The molecule has 250 valence electrons. The zero-order chi connectivity index (χ0) is 32.0. The number of urea groups is 2. The molecule has 0 N–H and O–H groups in total. The quantitative estimate of drug-likeness (QED) is 0.0691. The lowest BCUT2D eigenvalue weighted by atomic mass is 9.98. The summed E-state index contributed by atoms with van der Waals surface area (Å²) in [5, 5.41) is 0. The number of hydrogen-bond acceptors (Lipinski definition) is 12. The van der Waals surface area contributed by atoms with E-state index in [2.05, 4.69) is 75.8 Å². The summed E-state index contributed by atoms with van der Waals surface area (Å²) in [6, 6.07) is -0.528. The second-order valence-corrected chi connectivity index (χ2v) is 16.4. The Kier molecular flexibility index (Phi) is 14.9. The second kappa shape index (κ2) is 17.6. The first kappa shape index (κ1) is 37.1. The molecule has 6 unspecified atom stereocenters. The number of carbonyl (C=O) groups is 4. The molecule has 0 saturated carbocycles. The molecule has 0 aromatic heterocycles. The van der Waals surface area contributed by atoms with Crippen LogP contribution < -0.4 is 0 Å². The van der Waals surface area contributed by atoms with Gasteiger partial charge in [-0.1, -0.05) is 21.6 Å². The summed E-state index contributed by atoms with van der Waals surface area (Å²) in [4.78, 5) is 64.7. The maximum atomic E-state index is 13.6. The average molecular weight is 761 g/mol. The van der Waals surface area contributed by atoms with Crippen molar-refractivity contribution in [3.05, 3.63) is 0 Å². The summed E-state index contributed by atoms with van der Waals surface area (Å²) in [5.41, 5.74) is 0. The van der Waals surface area contributed by atoms with Crippen molar-refractivity contribution < 1.29 is 19.2 Å². The Bertz CT molecular complexity index is 949. The van der Waals surface area contributed by atoms with Gasteiger partial charge in [0.05, 0.1) is 23.9 Å². The molecule has 18 heteroatoms. The lowest BCUT2D eigenvalue weighted by Crippen LogP contribution is -2.48. The molecule has 0 aromatic carbocycles. The number of fused-ring (bicyclic) bond motifs is 2. The van der Waals surface area contributed by atoms with Crippen LogP contribution >= 0.6 is 97.4 Å². The van der Waals surface area contributed by atoms with E-state index in [0.29, 0.717) is 92.4 Å². The van der Waals surface area contributed by atoms with Gasteiger partial charge >= 0.3 is 12.1 Å².